The number of hydrogen-bond acceptors (Lipinski definition) is 8. The van der Waals surface area contributed by atoms with Crippen molar-refractivity contribution in [3.8, 4) is 45.0 Å². The van der Waals surface area contributed by atoms with Crippen molar-refractivity contribution in [2.45, 2.75) is 142 Å². The maximum Gasteiger partial charge on any atom is 0.227 e. The molecule has 0 radical (unpaired) electrons. The summed E-state index contributed by atoms with van der Waals surface area (Å²) in [6.45, 7) is 29.0. The standard InChI is InChI=1S/C28H29N2O.3C26H25N2O/c1-17-7-10-22-23-11-8-18(2)29-27(23)31-26(22)24(17)25-21-12-9-19(16-28(3,4)5)15-20(21)13-14-30(25)6;2*1-15(2)18-8-11-20-19(14-18)12-13-28(5)24(20)23-16(3)6-9-21-22-10-7-17(4)27-26(22)29-25(21)23;1-5-6-18-9-12-20-19(15-18)13-14-28(4)24(20)23-16(2)7-10-21-22-11-8-17(3)27-26(22)29-25(21)23/h7-15H,16H2,1-6H3;2*6-15H,1-5H3;7-15H,5-6H2,1-4H3/q4*+1/i;1D3,15D;;. The number of pyridine rings is 8. The molecule has 0 amide bonds. The van der Waals surface area contributed by atoms with Crippen molar-refractivity contribution in [1.82, 2.24) is 19.9 Å². The average Bonchev–Trinajstić information content (AvgIpc) is 1.45. The normalized spacial score (nSPS) is 13.1. The van der Waals surface area contributed by atoms with Crippen LogP contribution in [0.15, 0.2) is 237 Å². The van der Waals surface area contributed by atoms with Crippen LogP contribution >= 0.6 is 0 Å². The van der Waals surface area contributed by atoms with Gasteiger partial charge >= 0.3 is 0 Å². The zero-order valence-electron chi connectivity index (χ0n) is 75.2. The van der Waals surface area contributed by atoms with Crippen molar-refractivity contribution in [3.05, 3.63) is 286 Å². The van der Waals surface area contributed by atoms with Crippen molar-refractivity contribution >= 4 is 131 Å². The number of hydrogen-bond donors (Lipinski definition) is 0. The molecule has 12 aromatic heterocycles. The van der Waals surface area contributed by atoms with Crippen LogP contribution in [-0.4, -0.2) is 19.9 Å². The Bertz CT molecular complexity index is 7640. The summed E-state index contributed by atoms with van der Waals surface area (Å²) in [4.78, 5) is 18.5. The second kappa shape index (κ2) is 30.7. The molecular weight excluding hydrogens is 1450 g/mol. The Morgan fingerprint density at radius 2 is 0.619 bits per heavy atom. The topological polar surface area (TPSA) is 120 Å². The van der Waals surface area contributed by atoms with E-state index in [1.807, 2.05) is 89.5 Å². The number of nitrogens with zero attached hydrogens (tertiary/aromatic N) is 8. The summed E-state index contributed by atoms with van der Waals surface area (Å²) in [6.07, 6.45) is 11.7. The third-order valence-electron chi connectivity index (χ3n) is 23.4. The molecule has 0 saturated carbocycles. The van der Waals surface area contributed by atoms with E-state index in [0.29, 0.717) is 34.3 Å². The van der Waals surface area contributed by atoms with Crippen LogP contribution < -0.4 is 18.3 Å². The average molecular weight is 1560 g/mol. The van der Waals surface area contributed by atoms with Crippen molar-refractivity contribution in [2.24, 2.45) is 33.6 Å². The van der Waals surface area contributed by atoms with E-state index in [-0.39, 0.29) is 5.41 Å². The van der Waals surface area contributed by atoms with Gasteiger partial charge in [-0.1, -0.05) is 159 Å². The van der Waals surface area contributed by atoms with Crippen LogP contribution in [-0.2, 0) is 41.0 Å². The van der Waals surface area contributed by atoms with Gasteiger partial charge in [0, 0.05) is 95.6 Å². The zero-order chi connectivity index (χ0) is 86.0. The molecule has 118 heavy (non-hydrogen) atoms. The van der Waals surface area contributed by atoms with Gasteiger partial charge in [-0.15, -0.1) is 0 Å². The fraction of sp³-hybridized carbons (Fsp3) is 0.245. The van der Waals surface area contributed by atoms with Gasteiger partial charge in [-0.3, -0.25) is 0 Å². The number of rotatable bonds is 9. The van der Waals surface area contributed by atoms with Crippen LogP contribution in [0.3, 0.4) is 0 Å². The number of fused-ring (bicyclic) bond motifs is 16. The van der Waals surface area contributed by atoms with E-state index in [2.05, 4.69) is 287 Å². The van der Waals surface area contributed by atoms with Crippen LogP contribution in [0.2, 0.25) is 0 Å². The van der Waals surface area contributed by atoms with E-state index in [0.717, 1.165) is 152 Å². The van der Waals surface area contributed by atoms with Crippen LogP contribution in [0.1, 0.15) is 146 Å². The molecule has 12 heteroatoms. The molecule has 0 spiro atoms. The Morgan fingerprint density at radius 1 is 0.339 bits per heavy atom. The highest BCUT2D eigenvalue weighted by Crippen LogP contribution is 2.45. The first-order valence-corrected chi connectivity index (χ1v) is 41.1. The molecule has 0 N–H and O–H groups in total. The highest BCUT2D eigenvalue weighted by molar-refractivity contribution is 6.15. The maximum atomic E-state index is 8.49. The Hall–Kier alpha value is -12.8. The molecule has 0 saturated heterocycles. The molecule has 8 aromatic carbocycles. The minimum absolute atomic E-state index is 0.261. The molecular formula is C106H104N8O4+4. The maximum absolute atomic E-state index is 8.49. The molecule has 588 valence electrons. The van der Waals surface area contributed by atoms with Gasteiger partial charge < -0.3 is 17.7 Å². The van der Waals surface area contributed by atoms with E-state index in [9.17, 15) is 0 Å². The molecule has 12 nitrogen and oxygen atoms in total. The first-order valence-electron chi connectivity index (χ1n) is 43.1. The lowest BCUT2D eigenvalue weighted by Gasteiger charge is -2.18. The first-order chi connectivity index (χ1) is 58.2. The van der Waals surface area contributed by atoms with Crippen LogP contribution in [0.4, 0.5) is 0 Å². The summed E-state index contributed by atoms with van der Waals surface area (Å²) >= 11 is 0. The molecule has 12 heterocycles. The molecule has 0 fully saturated rings. The highest BCUT2D eigenvalue weighted by atomic mass is 16.4. The smallest absolute Gasteiger partial charge is 0.227 e. The van der Waals surface area contributed by atoms with E-state index in [1.54, 1.807) is 6.07 Å². The van der Waals surface area contributed by atoms with Gasteiger partial charge in [-0.2, -0.15) is 0 Å². The largest absolute Gasteiger partial charge is 0.437 e. The van der Waals surface area contributed by atoms with Gasteiger partial charge in [0.1, 0.15) is 28.2 Å². The highest BCUT2D eigenvalue weighted by Gasteiger charge is 2.30. The minimum atomic E-state index is -2.43. The molecule has 1 atom stereocenters. The number of aromatic nitrogens is 8. The van der Waals surface area contributed by atoms with Crippen molar-refractivity contribution < 1.29 is 41.4 Å². The monoisotopic (exact) mass is 1560 g/mol. The number of benzene rings is 8. The van der Waals surface area contributed by atoms with Gasteiger partial charge in [0.25, 0.3) is 0 Å². The summed E-state index contributed by atoms with van der Waals surface area (Å²) in [7, 11) is 8.32. The van der Waals surface area contributed by atoms with Crippen molar-refractivity contribution in [3.63, 3.8) is 0 Å². The summed E-state index contributed by atoms with van der Waals surface area (Å²) in [6, 6.07) is 68.3. The van der Waals surface area contributed by atoms with Gasteiger partial charge in [-0.05, 0) is 224 Å². The predicted molar refractivity (Wildman–Crippen MR) is 486 cm³/mol. The van der Waals surface area contributed by atoms with Crippen molar-refractivity contribution in [1.29, 1.82) is 0 Å². The number of aryl methyl sites for hydroxylation is 13. The number of furan rings is 4. The third-order valence-corrected chi connectivity index (χ3v) is 23.4. The fourth-order valence-corrected chi connectivity index (χ4v) is 17.4. The van der Waals surface area contributed by atoms with Crippen LogP contribution in [0, 0.1) is 60.8 Å². The van der Waals surface area contributed by atoms with Gasteiger partial charge in [-0.25, -0.2) is 38.2 Å². The lowest BCUT2D eigenvalue weighted by molar-refractivity contribution is -0.659. The lowest BCUT2D eigenvalue weighted by atomic mass is 9.87. The Balaban J connectivity index is 0.000000116. The van der Waals surface area contributed by atoms with Crippen LogP contribution in [0.5, 0.6) is 0 Å². The van der Waals surface area contributed by atoms with Gasteiger partial charge in [0.05, 0.1) is 43.8 Å². The molecule has 0 bridgehead atoms. The Morgan fingerprint density at radius 3 is 0.932 bits per heavy atom. The third kappa shape index (κ3) is 14.2. The predicted octanol–water partition coefficient (Wildman–Crippen LogP) is 25.8. The molecule has 0 aliphatic rings. The van der Waals surface area contributed by atoms with E-state index < -0.39 is 12.7 Å². The molecule has 1 unspecified atom stereocenters. The molecule has 0 aliphatic carbocycles. The summed E-state index contributed by atoms with van der Waals surface area (Å²) in [5.74, 6) is -1.19. The SMILES string of the molecule is CCCc1ccc2c(-c3c(C)ccc4c3oc3nc(C)ccc34)[n+](C)ccc2c1.Cc1ccc2c(n1)oc1c(-c3c4ccc(C(C)C)cc4cc[n+]3C)c(C)ccc12.Cc1ccc2c(n1)oc1c(-c3c4ccc(CC(C)(C)C)cc4cc[n+]3C)c(C)ccc12.[2H]C([2H])([2H])C([2H])(C)c1ccc2c(-c3c(C)ccc4c3oc3nc(C)ccc34)[n+](C)ccc2c1. The zero-order valence-corrected chi connectivity index (χ0v) is 71.2. The second-order valence-electron chi connectivity index (χ2n) is 34.0. The molecule has 0 aliphatic heterocycles. The quantitative estimate of drug-likeness (QED) is 0.131. The van der Waals surface area contributed by atoms with E-state index in [4.69, 9.17) is 23.2 Å². The minimum Gasteiger partial charge on any atom is -0.437 e. The molecule has 20 rings (SSSR count). The molecule has 20 aromatic rings. The van der Waals surface area contributed by atoms with E-state index in [1.165, 1.54) is 89.7 Å². The lowest BCUT2D eigenvalue weighted by Crippen LogP contribution is -2.30. The van der Waals surface area contributed by atoms with Gasteiger partial charge in [0.2, 0.25) is 45.6 Å². The summed E-state index contributed by atoms with van der Waals surface area (Å²) in [5, 5.41) is 17.9. The van der Waals surface area contributed by atoms with Gasteiger partial charge in [0.15, 0.2) is 47.1 Å². The fourth-order valence-electron chi connectivity index (χ4n) is 17.4. The Kier molecular flexibility index (Phi) is 18.9. The Labute approximate surface area is 695 Å². The second-order valence-corrected chi connectivity index (χ2v) is 34.0. The van der Waals surface area contributed by atoms with Crippen molar-refractivity contribution in [2.75, 3.05) is 0 Å². The summed E-state index contributed by atoms with van der Waals surface area (Å²) in [5.41, 5.74) is 28.5. The first kappa shape index (κ1) is 72.9. The van der Waals surface area contributed by atoms with E-state index >= 15 is 0 Å². The summed E-state index contributed by atoms with van der Waals surface area (Å²) < 4.78 is 65.9. The van der Waals surface area contributed by atoms with Crippen LogP contribution in [0.25, 0.3) is 176 Å².